The fraction of sp³-hybridized carbons (Fsp3) is 0.400. The number of benzene rings is 1. The molecule has 78 valence electrons. The minimum Gasteiger partial charge on any atom is -0.396 e. The Morgan fingerprint density at radius 2 is 2.29 bits per heavy atom. The van der Waals surface area contributed by atoms with Gasteiger partial charge in [0.2, 0.25) is 0 Å². The number of aliphatic hydroxyl groups is 1. The maximum atomic E-state index is 8.84. The summed E-state index contributed by atoms with van der Waals surface area (Å²) in [4.78, 5) is 0. The van der Waals surface area contributed by atoms with Gasteiger partial charge >= 0.3 is 0 Å². The second-order valence-corrected chi connectivity index (χ2v) is 4.56. The van der Waals surface area contributed by atoms with Crippen molar-refractivity contribution in [2.75, 3.05) is 18.5 Å². The summed E-state index contributed by atoms with van der Waals surface area (Å²) >= 11 is 9.20. The molecule has 2 nitrogen and oxygen atoms in total. The van der Waals surface area contributed by atoms with Crippen molar-refractivity contribution in [1.29, 1.82) is 0 Å². The van der Waals surface area contributed by atoms with Crippen molar-refractivity contribution < 1.29 is 5.11 Å². The number of hydrogen-bond acceptors (Lipinski definition) is 2. The van der Waals surface area contributed by atoms with E-state index in [2.05, 4.69) is 21.2 Å². The van der Waals surface area contributed by atoms with Crippen molar-refractivity contribution in [3.8, 4) is 0 Å². The summed E-state index contributed by atoms with van der Waals surface area (Å²) in [5, 5.41) is 12.8. The van der Waals surface area contributed by atoms with Crippen molar-refractivity contribution in [3.05, 3.63) is 27.7 Å². The molecule has 0 heterocycles. The first kappa shape index (κ1) is 11.8. The Bertz CT molecular complexity index is 306. The standard InChI is InChI=1S/C10H13BrClNO/c1-7(6-14)5-13-8-2-3-10(12)9(11)4-8/h2-4,7,13-14H,5-6H2,1H3. The van der Waals surface area contributed by atoms with Crippen LogP contribution in [0.15, 0.2) is 22.7 Å². The molecule has 0 aliphatic carbocycles. The molecule has 14 heavy (non-hydrogen) atoms. The number of aliphatic hydroxyl groups excluding tert-OH is 1. The second-order valence-electron chi connectivity index (χ2n) is 3.30. The Morgan fingerprint density at radius 3 is 2.86 bits per heavy atom. The summed E-state index contributed by atoms with van der Waals surface area (Å²) in [5.41, 5.74) is 1.00. The Hall–Kier alpha value is -0.250. The third-order valence-electron chi connectivity index (χ3n) is 1.89. The lowest BCUT2D eigenvalue weighted by Gasteiger charge is -2.11. The van der Waals surface area contributed by atoms with Gasteiger partial charge in [0.1, 0.15) is 0 Å². The average Bonchev–Trinajstić information content (AvgIpc) is 2.19. The van der Waals surface area contributed by atoms with E-state index in [1.165, 1.54) is 0 Å². The molecule has 0 fully saturated rings. The average molecular weight is 279 g/mol. The van der Waals surface area contributed by atoms with Crippen LogP contribution in [-0.2, 0) is 0 Å². The highest BCUT2D eigenvalue weighted by atomic mass is 79.9. The molecule has 0 aliphatic heterocycles. The van der Waals surface area contributed by atoms with Gasteiger partial charge in [0, 0.05) is 23.3 Å². The van der Waals surface area contributed by atoms with Gasteiger partial charge in [-0.15, -0.1) is 0 Å². The van der Waals surface area contributed by atoms with Crippen LogP contribution < -0.4 is 5.32 Å². The van der Waals surface area contributed by atoms with Gasteiger partial charge in [-0.1, -0.05) is 18.5 Å². The van der Waals surface area contributed by atoms with Gasteiger partial charge in [-0.3, -0.25) is 0 Å². The first-order valence-corrected chi connectivity index (χ1v) is 5.60. The molecule has 1 rings (SSSR count). The van der Waals surface area contributed by atoms with Crippen LogP contribution in [0.2, 0.25) is 5.02 Å². The van der Waals surface area contributed by atoms with E-state index in [4.69, 9.17) is 16.7 Å². The molecule has 0 saturated heterocycles. The third kappa shape index (κ3) is 3.48. The van der Waals surface area contributed by atoms with E-state index < -0.39 is 0 Å². The summed E-state index contributed by atoms with van der Waals surface area (Å²) in [6, 6.07) is 5.67. The van der Waals surface area contributed by atoms with Crippen molar-refractivity contribution in [3.63, 3.8) is 0 Å². The van der Waals surface area contributed by atoms with Gasteiger partial charge in [0.25, 0.3) is 0 Å². The van der Waals surface area contributed by atoms with Crippen LogP contribution in [0.5, 0.6) is 0 Å². The number of anilines is 1. The molecule has 0 amide bonds. The maximum Gasteiger partial charge on any atom is 0.0549 e. The molecule has 1 aromatic rings. The predicted octanol–water partition coefficient (Wildman–Crippen LogP) is 3.14. The highest BCUT2D eigenvalue weighted by molar-refractivity contribution is 9.10. The molecular weight excluding hydrogens is 265 g/mol. The van der Waals surface area contributed by atoms with Crippen molar-refractivity contribution in [2.24, 2.45) is 5.92 Å². The molecule has 0 aliphatic rings. The Balaban J connectivity index is 2.55. The monoisotopic (exact) mass is 277 g/mol. The fourth-order valence-electron chi connectivity index (χ4n) is 0.963. The Labute approximate surface area is 97.4 Å². The van der Waals surface area contributed by atoms with Gasteiger partial charge in [0.15, 0.2) is 0 Å². The summed E-state index contributed by atoms with van der Waals surface area (Å²) in [6.07, 6.45) is 0. The molecule has 1 atom stereocenters. The Morgan fingerprint density at radius 1 is 1.57 bits per heavy atom. The Kier molecular flexibility index (Phi) is 4.72. The van der Waals surface area contributed by atoms with E-state index in [9.17, 15) is 0 Å². The van der Waals surface area contributed by atoms with Crippen LogP contribution in [0.3, 0.4) is 0 Å². The van der Waals surface area contributed by atoms with Gasteiger partial charge in [0.05, 0.1) is 5.02 Å². The fourth-order valence-corrected chi connectivity index (χ4v) is 1.46. The van der Waals surface area contributed by atoms with Gasteiger partial charge in [-0.25, -0.2) is 0 Å². The van der Waals surface area contributed by atoms with E-state index in [-0.39, 0.29) is 12.5 Å². The van der Waals surface area contributed by atoms with Crippen LogP contribution in [0.25, 0.3) is 0 Å². The number of nitrogens with one attached hydrogen (secondary N) is 1. The molecule has 1 aromatic carbocycles. The van der Waals surface area contributed by atoms with E-state index in [0.29, 0.717) is 5.02 Å². The first-order valence-electron chi connectivity index (χ1n) is 4.43. The zero-order valence-corrected chi connectivity index (χ0v) is 10.3. The van der Waals surface area contributed by atoms with E-state index in [1.54, 1.807) is 0 Å². The molecule has 4 heteroatoms. The van der Waals surface area contributed by atoms with Crippen LogP contribution in [0.4, 0.5) is 5.69 Å². The largest absolute Gasteiger partial charge is 0.396 e. The van der Waals surface area contributed by atoms with Gasteiger partial charge in [-0.2, -0.15) is 0 Å². The molecule has 1 unspecified atom stereocenters. The summed E-state index contributed by atoms with van der Waals surface area (Å²) in [7, 11) is 0. The van der Waals surface area contributed by atoms with Crippen molar-refractivity contribution in [2.45, 2.75) is 6.92 Å². The van der Waals surface area contributed by atoms with E-state index in [0.717, 1.165) is 16.7 Å². The smallest absolute Gasteiger partial charge is 0.0549 e. The topological polar surface area (TPSA) is 32.3 Å². The number of halogens is 2. The van der Waals surface area contributed by atoms with Crippen LogP contribution in [-0.4, -0.2) is 18.3 Å². The van der Waals surface area contributed by atoms with E-state index in [1.807, 2.05) is 25.1 Å². The molecule has 2 N–H and O–H groups in total. The summed E-state index contributed by atoms with van der Waals surface area (Å²) < 4.78 is 0.876. The molecule has 0 spiro atoms. The molecule has 0 bridgehead atoms. The highest BCUT2D eigenvalue weighted by Crippen LogP contribution is 2.25. The lowest BCUT2D eigenvalue weighted by molar-refractivity contribution is 0.244. The second kappa shape index (κ2) is 5.59. The van der Waals surface area contributed by atoms with Gasteiger partial charge < -0.3 is 10.4 Å². The zero-order chi connectivity index (χ0) is 10.6. The minimum atomic E-state index is 0.196. The third-order valence-corrected chi connectivity index (χ3v) is 3.10. The van der Waals surface area contributed by atoms with E-state index >= 15 is 0 Å². The molecule has 0 radical (unpaired) electrons. The lowest BCUT2D eigenvalue weighted by Crippen LogP contribution is -2.14. The normalized spacial score (nSPS) is 12.6. The quantitative estimate of drug-likeness (QED) is 0.887. The number of rotatable bonds is 4. The van der Waals surface area contributed by atoms with Gasteiger partial charge in [-0.05, 0) is 40.0 Å². The van der Waals surface area contributed by atoms with Crippen LogP contribution in [0, 0.1) is 5.92 Å². The first-order chi connectivity index (χ1) is 6.63. The maximum absolute atomic E-state index is 8.84. The number of hydrogen-bond donors (Lipinski definition) is 2. The zero-order valence-electron chi connectivity index (χ0n) is 7.93. The highest BCUT2D eigenvalue weighted by Gasteiger charge is 2.01. The van der Waals surface area contributed by atoms with Crippen molar-refractivity contribution in [1.82, 2.24) is 0 Å². The minimum absolute atomic E-state index is 0.196. The predicted molar refractivity (Wildman–Crippen MR) is 63.9 cm³/mol. The van der Waals surface area contributed by atoms with Crippen LogP contribution in [0.1, 0.15) is 6.92 Å². The van der Waals surface area contributed by atoms with Crippen LogP contribution >= 0.6 is 27.5 Å². The SMILES string of the molecule is CC(CO)CNc1ccc(Cl)c(Br)c1. The molecule has 0 aromatic heterocycles. The lowest BCUT2D eigenvalue weighted by atomic mass is 10.2. The van der Waals surface area contributed by atoms with Crippen molar-refractivity contribution >= 4 is 33.2 Å². The molecular formula is C10H13BrClNO. The summed E-state index contributed by atoms with van der Waals surface area (Å²) in [5.74, 6) is 0.254. The molecule has 0 saturated carbocycles. The summed E-state index contributed by atoms with van der Waals surface area (Å²) in [6.45, 7) is 2.93.